The normalized spacial score (nSPS) is 20.6. The average Bonchev–Trinajstić information content (AvgIpc) is 3.17. The quantitative estimate of drug-likeness (QED) is 0.803. The van der Waals surface area contributed by atoms with E-state index in [4.69, 9.17) is 14.2 Å². The van der Waals surface area contributed by atoms with Crippen molar-refractivity contribution in [1.82, 2.24) is 0 Å². The molecule has 0 spiro atoms. The molecule has 1 amide bonds. The van der Waals surface area contributed by atoms with Crippen LogP contribution in [0.1, 0.15) is 31.4 Å². The van der Waals surface area contributed by atoms with Gasteiger partial charge in [-0.05, 0) is 49.4 Å². The molecule has 0 radical (unpaired) electrons. The van der Waals surface area contributed by atoms with Crippen molar-refractivity contribution in [3.05, 3.63) is 48.0 Å². The highest BCUT2D eigenvalue weighted by molar-refractivity contribution is 5.91. The molecule has 0 aromatic heterocycles. The molecular formula is C22H27N2O4+. The zero-order valence-electron chi connectivity index (χ0n) is 16.2. The third kappa shape index (κ3) is 4.22. The molecule has 0 bridgehead atoms. The minimum atomic E-state index is 0.0311. The topological polar surface area (TPSA) is 61.2 Å². The van der Waals surface area contributed by atoms with Gasteiger partial charge in [-0.25, -0.2) is 0 Å². The van der Waals surface area contributed by atoms with Gasteiger partial charge >= 0.3 is 0 Å². The third-order valence-electron chi connectivity index (χ3n) is 5.29. The molecule has 2 aromatic carbocycles. The van der Waals surface area contributed by atoms with Gasteiger partial charge in [0.2, 0.25) is 0 Å². The van der Waals surface area contributed by atoms with Crippen molar-refractivity contribution in [2.75, 3.05) is 38.2 Å². The highest BCUT2D eigenvalue weighted by Gasteiger charge is 2.32. The number of rotatable bonds is 6. The molecule has 2 aliphatic rings. The maximum absolute atomic E-state index is 12.6. The predicted molar refractivity (Wildman–Crippen MR) is 106 cm³/mol. The van der Waals surface area contributed by atoms with Crippen LogP contribution in [0.4, 0.5) is 5.69 Å². The van der Waals surface area contributed by atoms with Crippen LogP contribution in [0.2, 0.25) is 0 Å². The van der Waals surface area contributed by atoms with Crippen LogP contribution in [0.25, 0.3) is 0 Å². The maximum atomic E-state index is 12.6. The molecule has 6 heteroatoms. The number of hydrogen-bond donors (Lipinski definition) is 2. The first-order valence-corrected chi connectivity index (χ1v) is 10.00. The SMILES string of the molecule is CCOc1ccc(NC(=O)C[NH+]2CCC[C@@H]2c2ccc3c(c2)OCCO3)cc1. The van der Waals surface area contributed by atoms with Gasteiger partial charge in [0, 0.05) is 24.1 Å². The van der Waals surface area contributed by atoms with Crippen LogP contribution in [0, 0.1) is 0 Å². The number of anilines is 1. The van der Waals surface area contributed by atoms with Gasteiger partial charge in [0.1, 0.15) is 25.0 Å². The summed E-state index contributed by atoms with van der Waals surface area (Å²) in [6, 6.07) is 14.0. The first-order valence-electron chi connectivity index (χ1n) is 10.00. The van der Waals surface area contributed by atoms with E-state index in [0.29, 0.717) is 32.4 Å². The van der Waals surface area contributed by atoms with Gasteiger partial charge in [-0.2, -0.15) is 0 Å². The number of nitrogens with one attached hydrogen (secondary N) is 2. The Hall–Kier alpha value is -2.73. The molecule has 148 valence electrons. The minimum Gasteiger partial charge on any atom is -0.494 e. The smallest absolute Gasteiger partial charge is 0.279 e. The summed E-state index contributed by atoms with van der Waals surface area (Å²) in [5.74, 6) is 2.46. The lowest BCUT2D eigenvalue weighted by atomic mass is 10.0. The van der Waals surface area contributed by atoms with Crippen LogP contribution in [-0.2, 0) is 4.79 Å². The second kappa shape index (κ2) is 8.52. The average molecular weight is 383 g/mol. The molecule has 6 nitrogen and oxygen atoms in total. The Morgan fingerprint density at radius 1 is 1.14 bits per heavy atom. The summed E-state index contributed by atoms with van der Waals surface area (Å²) < 4.78 is 16.8. The van der Waals surface area contributed by atoms with Gasteiger partial charge in [0.15, 0.2) is 18.0 Å². The van der Waals surface area contributed by atoms with E-state index in [9.17, 15) is 4.79 Å². The zero-order chi connectivity index (χ0) is 19.3. The Morgan fingerprint density at radius 3 is 2.71 bits per heavy atom. The van der Waals surface area contributed by atoms with Gasteiger partial charge < -0.3 is 24.4 Å². The number of fused-ring (bicyclic) bond motifs is 1. The molecule has 1 saturated heterocycles. The standard InChI is InChI=1S/C22H26N2O4/c1-2-26-18-8-6-17(7-9-18)23-22(25)15-24-11-3-4-19(24)16-5-10-20-21(14-16)28-13-12-27-20/h5-10,14,19H,2-4,11-13,15H2,1H3,(H,23,25)/p+1/t19-/m1/s1. The second-order valence-electron chi connectivity index (χ2n) is 7.19. The van der Waals surface area contributed by atoms with E-state index in [-0.39, 0.29) is 5.91 Å². The molecule has 1 unspecified atom stereocenters. The van der Waals surface area contributed by atoms with Crippen LogP contribution < -0.4 is 24.4 Å². The van der Waals surface area contributed by atoms with Crippen molar-refractivity contribution in [2.45, 2.75) is 25.8 Å². The van der Waals surface area contributed by atoms with Crippen LogP contribution in [-0.4, -0.2) is 38.8 Å². The fraction of sp³-hybridized carbons (Fsp3) is 0.409. The molecule has 0 saturated carbocycles. The van der Waals surface area contributed by atoms with Crippen molar-refractivity contribution in [1.29, 1.82) is 0 Å². The molecule has 28 heavy (non-hydrogen) atoms. The molecule has 4 rings (SSSR count). The summed E-state index contributed by atoms with van der Waals surface area (Å²) in [5, 5.41) is 3.00. The molecule has 2 aliphatic heterocycles. The van der Waals surface area contributed by atoms with Crippen LogP contribution in [0.3, 0.4) is 0 Å². The Morgan fingerprint density at radius 2 is 1.93 bits per heavy atom. The van der Waals surface area contributed by atoms with E-state index in [1.807, 2.05) is 37.3 Å². The van der Waals surface area contributed by atoms with Gasteiger partial charge in [0.05, 0.1) is 13.2 Å². The van der Waals surface area contributed by atoms with Crippen molar-refractivity contribution in [3.8, 4) is 17.2 Å². The fourth-order valence-corrected chi connectivity index (χ4v) is 4.01. The summed E-state index contributed by atoms with van der Waals surface area (Å²) in [5.41, 5.74) is 2.01. The summed E-state index contributed by atoms with van der Waals surface area (Å²) in [6.07, 6.45) is 2.19. The first kappa shape index (κ1) is 18.6. The fourth-order valence-electron chi connectivity index (χ4n) is 4.01. The van der Waals surface area contributed by atoms with E-state index in [1.54, 1.807) is 0 Å². The Bertz CT molecular complexity index is 822. The molecule has 0 aliphatic carbocycles. The lowest BCUT2D eigenvalue weighted by Gasteiger charge is -2.24. The van der Waals surface area contributed by atoms with E-state index < -0.39 is 0 Å². The maximum Gasteiger partial charge on any atom is 0.279 e. The van der Waals surface area contributed by atoms with E-state index in [2.05, 4.69) is 17.4 Å². The molecule has 2 aromatic rings. The monoisotopic (exact) mass is 383 g/mol. The number of likely N-dealkylation sites (tertiary alicyclic amines) is 1. The third-order valence-corrected chi connectivity index (χ3v) is 5.29. The highest BCUT2D eigenvalue weighted by Crippen LogP contribution is 2.33. The zero-order valence-corrected chi connectivity index (χ0v) is 16.2. The predicted octanol–water partition coefficient (Wildman–Crippen LogP) is 2.21. The lowest BCUT2D eigenvalue weighted by Crippen LogP contribution is -3.11. The number of carbonyl (C=O) groups is 1. The van der Waals surface area contributed by atoms with E-state index in [1.165, 1.54) is 10.5 Å². The number of benzene rings is 2. The van der Waals surface area contributed by atoms with Crippen molar-refractivity contribution in [2.24, 2.45) is 0 Å². The summed E-state index contributed by atoms with van der Waals surface area (Å²) >= 11 is 0. The summed E-state index contributed by atoms with van der Waals surface area (Å²) in [7, 11) is 0. The summed E-state index contributed by atoms with van der Waals surface area (Å²) in [6.45, 7) is 5.21. The van der Waals surface area contributed by atoms with Gasteiger partial charge in [0.25, 0.3) is 5.91 Å². The van der Waals surface area contributed by atoms with E-state index >= 15 is 0 Å². The molecule has 1 fully saturated rings. The van der Waals surface area contributed by atoms with Crippen molar-refractivity contribution < 1.29 is 23.9 Å². The molecular weight excluding hydrogens is 356 g/mol. The lowest BCUT2D eigenvalue weighted by molar-refractivity contribution is -0.910. The number of carbonyl (C=O) groups excluding carboxylic acids is 1. The Labute approximate surface area is 165 Å². The first-order chi connectivity index (χ1) is 13.7. The summed E-state index contributed by atoms with van der Waals surface area (Å²) in [4.78, 5) is 13.9. The van der Waals surface area contributed by atoms with Crippen LogP contribution >= 0.6 is 0 Å². The minimum absolute atomic E-state index is 0.0311. The molecule has 2 N–H and O–H groups in total. The van der Waals surface area contributed by atoms with Gasteiger partial charge in [-0.15, -0.1) is 0 Å². The van der Waals surface area contributed by atoms with Gasteiger partial charge in [-0.1, -0.05) is 0 Å². The molecule has 2 atom stereocenters. The van der Waals surface area contributed by atoms with Crippen molar-refractivity contribution in [3.63, 3.8) is 0 Å². The largest absolute Gasteiger partial charge is 0.494 e. The number of hydrogen-bond acceptors (Lipinski definition) is 4. The van der Waals surface area contributed by atoms with Crippen LogP contribution in [0.5, 0.6) is 17.2 Å². The van der Waals surface area contributed by atoms with Gasteiger partial charge in [-0.3, -0.25) is 4.79 Å². The second-order valence-corrected chi connectivity index (χ2v) is 7.19. The number of amides is 1. The Kier molecular flexibility index (Phi) is 5.67. The van der Waals surface area contributed by atoms with Crippen LogP contribution in [0.15, 0.2) is 42.5 Å². The molecule has 2 heterocycles. The van der Waals surface area contributed by atoms with Crippen molar-refractivity contribution >= 4 is 11.6 Å². The highest BCUT2D eigenvalue weighted by atomic mass is 16.6. The van der Waals surface area contributed by atoms with E-state index in [0.717, 1.165) is 42.3 Å². The number of ether oxygens (including phenoxy) is 3. The number of quaternary nitrogens is 1. The Balaban J connectivity index is 1.39.